The molecular weight excluding hydrogens is 478 g/mol. The van der Waals surface area contributed by atoms with Gasteiger partial charge >= 0.3 is 0 Å². The van der Waals surface area contributed by atoms with Gasteiger partial charge in [-0.3, -0.25) is 0 Å². The van der Waals surface area contributed by atoms with Gasteiger partial charge in [0.15, 0.2) is 11.4 Å². The van der Waals surface area contributed by atoms with Gasteiger partial charge in [-0.25, -0.2) is 15.0 Å². The molecule has 2 aromatic heterocycles. The smallest absolute Gasteiger partial charge is 0.227 e. The summed E-state index contributed by atoms with van der Waals surface area (Å²) < 4.78 is 6.25. The quantitative estimate of drug-likeness (QED) is 0.236. The van der Waals surface area contributed by atoms with Gasteiger partial charge in [-0.15, -0.1) is 0 Å². The van der Waals surface area contributed by atoms with E-state index >= 15 is 0 Å². The van der Waals surface area contributed by atoms with Crippen LogP contribution in [0.5, 0.6) is 0 Å². The molecule has 0 unspecified atom stereocenters. The van der Waals surface area contributed by atoms with Gasteiger partial charge in [0, 0.05) is 27.8 Å². The van der Waals surface area contributed by atoms with Crippen molar-refractivity contribution < 1.29 is 4.42 Å². The normalized spacial score (nSPS) is 11.1. The molecule has 4 nitrogen and oxygen atoms in total. The average Bonchev–Trinajstić information content (AvgIpc) is 3.47. The second-order valence-corrected chi connectivity index (χ2v) is 9.31. The minimum atomic E-state index is 0.623. The van der Waals surface area contributed by atoms with E-state index in [1.807, 2.05) is 91.0 Å². The molecule has 0 amide bonds. The van der Waals surface area contributed by atoms with Crippen LogP contribution in [0.3, 0.4) is 0 Å². The van der Waals surface area contributed by atoms with Gasteiger partial charge in [-0.1, -0.05) is 115 Å². The lowest BCUT2D eigenvalue weighted by molar-refractivity contribution is 0.621. The number of hydrogen-bond acceptors (Lipinski definition) is 4. The lowest BCUT2D eigenvalue weighted by Crippen LogP contribution is -1.95. The van der Waals surface area contributed by atoms with Gasteiger partial charge in [-0.2, -0.15) is 0 Å². The van der Waals surface area contributed by atoms with Crippen molar-refractivity contribution in [2.24, 2.45) is 0 Å². The van der Waals surface area contributed by atoms with E-state index in [4.69, 9.17) is 19.4 Å². The van der Waals surface area contributed by atoms with Crippen LogP contribution in [-0.2, 0) is 0 Å². The summed E-state index contributed by atoms with van der Waals surface area (Å²) in [4.78, 5) is 14.6. The van der Waals surface area contributed by atoms with E-state index in [1.165, 1.54) is 0 Å². The van der Waals surface area contributed by atoms with Gasteiger partial charge < -0.3 is 4.42 Å². The van der Waals surface area contributed by atoms with Crippen molar-refractivity contribution >= 4 is 11.1 Å². The van der Waals surface area contributed by atoms with Crippen molar-refractivity contribution in [1.82, 2.24) is 15.0 Å². The number of aromatic nitrogens is 3. The third kappa shape index (κ3) is 4.49. The van der Waals surface area contributed by atoms with Crippen molar-refractivity contribution in [2.45, 2.75) is 0 Å². The molecule has 184 valence electrons. The Morgan fingerprint density at radius 3 is 1.59 bits per heavy atom. The van der Waals surface area contributed by atoms with Crippen LogP contribution in [0, 0.1) is 0 Å². The highest BCUT2D eigenvalue weighted by Gasteiger charge is 2.14. The zero-order valence-corrected chi connectivity index (χ0v) is 21.0. The van der Waals surface area contributed by atoms with E-state index in [-0.39, 0.29) is 0 Å². The number of nitrogens with zero attached hydrogens (tertiary/aromatic N) is 3. The molecule has 0 atom stereocenters. The maximum atomic E-state index is 6.25. The van der Waals surface area contributed by atoms with Crippen molar-refractivity contribution in [3.63, 3.8) is 0 Å². The number of oxazole rings is 1. The Labute approximate surface area is 226 Å². The first-order valence-corrected chi connectivity index (χ1v) is 12.9. The Morgan fingerprint density at radius 2 is 0.949 bits per heavy atom. The molecule has 0 bridgehead atoms. The van der Waals surface area contributed by atoms with Gasteiger partial charge in [0.05, 0.1) is 11.4 Å². The standard InChI is InChI=1S/C35H23N3O/c1-4-11-25(12-5-1)31-23-32(37-34(36-31)27-13-6-2-7-14-27)26-21-19-24(20-22-26)29-17-10-18-30-33(29)39-35(38-30)28-15-8-3-9-16-28/h1-23H. The first-order chi connectivity index (χ1) is 19.3. The fourth-order valence-electron chi connectivity index (χ4n) is 4.77. The van der Waals surface area contributed by atoms with Crippen molar-refractivity contribution in [3.8, 4) is 56.5 Å². The van der Waals surface area contributed by atoms with E-state index in [0.29, 0.717) is 11.7 Å². The van der Waals surface area contributed by atoms with Crippen molar-refractivity contribution in [1.29, 1.82) is 0 Å². The second kappa shape index (κ2) is 9.84. The highest BCUT2D eigenvalue weighted by atomic mass is 16.3. The summed E-state index contributed by atoms with van der Waals surface area (Å²) in [5.41, 5.74) is 9.47. The van der Waals surface area contributed by atoms with Crippen LogP contribution in [0.25, 0.3) is 67.6 Å². The molecule has 0 fully saturated rings. The van der Waals surface area contributed by atoms with Crippen LogP contribution >= 0.6 is 0 Å². The summed E-state index contributed by atoms with van der Waals surface area (Å²) in [6, 6.07) is 46.9. The van der Waals surface area contributed by atoms with Gasteiger partial charge in [0.1, 0.15) is 5.52 Å². The van der Waals surface area contributed by atoms with Crippen LogP contribution in [0.4, 0.5) is 0 Å². The SMILES string of the molecule is c1ccc(-c2cc(-c3ccc(-c4cccc5nc(-c6ccccc6)oc45)cc3)nc(-c3ccccc3)n2)cc1. The molecule has 0 saturated carbocycles. The molecule has 0 N–H and O–H groups in total. The first kappa shape index (κ1) is 22.8. The average molecular weight is 502 g/mol. The fourth-order valence-corrected chi connectivity index (χ4v) is 4.77. The predicted molar refractivity (Wildman–Crippen MR) is 157 cm³/mol. The molecule has 4 heteroatoms. The number of para-hydroxylation sites is 1. The molecule has 39 heavy (non-hydrogen) atoms. The van der Waals surface area contributed by atoms with E-state index in [2.05, 4.69) is 48.5 Å². The van der Waals surface area contributed by atoms with E-state index in [1.54, 1.807) is 0 Å². The van der Waals surface area contributed by atoms with Crippen LogP contribution in [0.2, 0.25) is 0 Å². The summed E-state index contributed by atoms with van der Waals surface area (Å²) in [5, 5.41) is 0. The van der Waals surface area contributed by atoms with Crippen molar-refractivity contribution in [3.05, 3.63) is 140 Å². The van der Waals surface area contributed by atoms with Crippen LogP contribution in [0.1, 0.15) is 0 Å². The fraction of sp³-hybridized carbons (Fsp3) is 0. The summed E-state index contributed by atoms with van der Waals surface area (Å²) >= 11 is 0. The maximum Gasteiger partial charge on any atom is 0.227 e. The summed E-state index contributed by atoms with van der Waals surface area (Å²) in [6.07, 6.45) is 0. The second-order valence-electron chi connectivity index (χ2n) is 9.31. The van der Waals surface area contributed by atoms with Crippen molar-refractivity contribution in [2.75, 3.05) is 0 Å². The molecule has 0 aliphatic carbocycles. The largest absolute Gasteiger partial charge is 0.435 e. The number of fused-ring (bicyclic) bond motifs is 1. The Balaban J connectivity index is 1.29. The van der Waals surface area contributed by atoms with Gasteiger partial charge in [-0.05, 0) is 29.8 Å². The topological polar surface area (TPSA) is 51.8 Å². The number of rotatable bonds is 5. The summed E-state index contributed by atoms with van der Waals surface area (Å²) in [5.74, 6) is 1.33. The number of hydrogen-bond donors (Lipinski definition) is 0. The van der Waals surface area contributed by atoms with Crippen LogP contribution in [-0.4, -0.2) is 15.0 Å². The highest BCUT2D eigenvalue weighted by molar-refractivity contribution is 5.92. The Kier molecular flexibility index (Phi) is 5.76. The number of benzene rings is 5. The third-order valence-electron chi connectivity index (χ3n) is 6.76. The molecule has 7 rings (SSSR count). The molecule has 5 aromatic carbocycles. The molecule has 7 aromatic rings. The third-order valence-corrected chi connectivity index (χ3v) is 6.76. The molecular formula is C35H23N3O. The molecule has 0 radical (unpaired) electrons. The van der Waals surface area contributed by atoms with E-state index in [0.717, 1.165) is 55.9 Å². The van der Waals surface area contributed by atoms with Crippen LogP contribution in [0.15, 0.2) is 144 Å². The predicted octanol–water partition coefficient (Wildman–Crippen LogP) is 8.95. The zero-order chi connectivity index (χ0) is 26.0. The van der Waals surface area contributed by atoms with Gasteiger partial charge in [0.2, 0.25) is 5.89 Å². The Morgan fingerprint density at radius 1 is 0.410 bits per heavy atom. The summed E-state index contributed by atoms with van der Waals surface area (Å²) in [6.45, 7) is 0. The lowest BCUT2D eigenvalue weighted by atomic mass is 10.0. The van der Waals surface area contributed by atoms with E-state index in [9.17, 15) is 0 Å². The Hall–Kier alpha value is -5.35. The lowest BCUT2D eigenvalue weighted by Gasteiger charge is -2.10. The minimum Gasteiger partial charge on any atom is -0.435 e. The monoisotopic (exact) mass is 501 g/mol. The minimum absolute atomic E-state index is 0.623. The molecule has 0 spiro atoms. The van der Waals surface area contributed by atoms with Crippen LogP contribution < -0.4 is 0 Å². The van der Waals surface area contributed by atoms with E-state index < -0.39 is 0 Å². The molecule has 0 aliphatic rings. The zero-order valence-electron chi connectivity index (χ0n) is 21.0. The molecule has 0 aliphatic heterocycles. The van der Waals surface area contributed by atoms with Gasteiger partial charge in [0.25, 0.3) is 0 Å². The maximum absolute atomic E-state index is 6.25. The highest BCUT2D eigenvalue weighted by Crippen LogP contribution is 2.34. The molecule has 2 heterocycles. The summed E-state index contributed by atoms with van der Waals surface area (Å²) in [7, 11) is 0. The molecule has 0 saturated heterocycles. The first-order valence-electron chi connectivity index (χ1n) is 12.9. The Bertz CT molecular complexity index is 1820.